The summed E-state index contributed by atoms with van der Waals surface area (Å²) in [5.74, 6) is -0.622. The van der Waals surface area contributed by atoms with Gasteiger partial charge in [0.05, 0.1) is 6.61 Å². The second kappa shape index (κ2) is 3.43. The largest absolute Gasteiger partial charge is 0.394 e. The Labute approximate surface area is 82.9 Å². The maximum atomic E-state index is 9.08. The van der Waals surface area contributed by atoms with Crippen molar-refractivity contribution >= 4 is 0 Å². The van der Waals surface area contributed by atoms with Crippen molar-refractivity contribution in [2.45, 2.75) is 44.2 Å². The summed E-state index contributed by atoms with van der Waals surface area (Å²) < 4.78 is 21.8. The van der Waals surface area contributed by atoms with Gasteiger partial charge in [0.2, 0.25) is 0 Å². The lowest BCUT2D eigenvalue weighted by molar-refractivity contribution is -0.230. The van der Waals surface area contributed by atoms with Crippen molar-refractivity contribution in [2.75, 3.05) is 13.7 Å². The molecule has 0 radical (unpaired) electrons. The zero-order valence-electron chi connectivity index (χ0n) is 8.60. The number of rotatable bonds is 2. The molecule has 0 saturated carbocycles. The molecule has 0 aromatic heterocycles. The number of ether oxygens (including phenoxy) is 4. The van der Waals surface area contributed by atoms with Crippen molar-refractivity contribution in [3.05, 3.63) is 0 Å². The fourth-order valence-corrected chi connectivity index (χ4v) is 1.98. The van der Waals surface area contributed by atoms with E-state index in [1.54, 1.807) is 7.11 Å². The average molecular weight is 204 g/mol. The van der Waals surface area contributed by atoms with Crippen LogP contribution in [0.4, 0.5) is 0 Å². The first kappa shape index (κ1) is 10.3. The summed E-state index contributed by atoms with van der Waals surface area (Å²) in [6, 6.07) is 0. The van der Waals surface area contributed by atoms with Gasteiger partial charge in [0.25, 0.3) is 0 Å². The highest BCUT2D eigenvalue weighted by Crippen LogP contribution is 2.38. The lowest BCUT2D eigenvalue weighted by atomic mass is 10.1. The maximum absolute atomic E-state index is 9.08. The normalized spacial score (nSPS) is 45.4. The zero-order valence-corrected chi connectivity index (χ0v) is 8.60. The second-order valence-electron chi connectivity index (χ2n) is 4.03. The Balaban J connectivity index is 2.12. The van der Waals surface area contributed by atoms with Crippen LogP contribution < -0.4 is 0 Å². The minimum absolute atomic E-state index is 0.0829. The predicted molar refractivity (Wildman–Crippen MR) is 46.6 cm³/mol. The Hall–Kier alpha value is -0.200. The monoisotopic (exact) mass is 204 g/mol. The van der Waals surface area contributed by atoms with Gasteiger partial charge in [0.15, 0.2) is 12.1 Å². The van der Waals surface area contributed by atoms with Crippen molar-refractivity contribution in [3.8, 4) is 0 Å². The van der Waals surface area contributed by atoms with Crippen molar-refractivity contribution in [2.24, 2.45) is 0 Å². The fourth-order valence-electron chi connectivity index (χ4n) is 1.98. The van der Waals surface area contributed by atoms with Gasteiger partial charge >= 0.3 is 0 Å². The van der Waals surface area contributed by atoms with E-state index in [2.05, 4.69) is 0 Å². The Morgan fingerprint density at radius 2 is 1.93 bits per heavy atom. The molecule has 14 heavy (non-hydrogen) atoms. The van der Waals surface area contributed by atoms with Crippen LogP contribution in [0.3, 0.4) is 0 Å². The highest BCUT2D eigenvalue weighted by Gasteiger charge is 2.55. The lowest BCUT2D eigenvalue weighted by Crippen LogP contribution is -2.31. The molecule has 2 rings (SSSR count). The molecule has 5 heteroatoms. The number of fused-ring (bicyclic) bond motifs is 1. The molecule has 5 nitrogen and oxygen atoms in total. The summed E-state index contributed by atoms with van der Waals surface area (Å²) >= 11 is 0. The highest BCUT2D eigenvalue weighted by atomic mass is 16.8. The summed E-state index contributed by atoms with van der Waals surface area (Å²) in [5.41, 5.74) is 0. The first-order valence-corrected chi connectivity index (χ1v) is 4.72. The number of hydrogen-bond acceptors (Lipinski definition) is 5. The number of hydrogen-bond donors (Lipinski definition) is 1. The molecular formula is C9H16O5. The zero-order chi connectivity index (χ0) is 10.3. The smallest absolute Gasteiger partial charge is 0.186 e. The fraction of sp³-hybridized carbons (Fsp3) is 1.00. The molecule has 2 fully saturated rings. The number of aliphatic hydroxyl groups is 1. The summed E-state index contributed by atoms with van der Waals surface area (Å²) in [4.78, 5) is 0. The summed E-state index contributed by atoms with van der Waals surface area (Å²) in [6.07, 6.45) is -1.28. The third-order valence-electron chi connectivity index (χ3n) is 2.52. The Morgan fingerprint density at radius 1 is 1.29 bits per heavy atom. The first-order chi connectivity index (χ1) is 6.57. The van der Waals surface area contributed by atoms with E-state index in [-0.39, 0.29) is 24.9 Å². The summed E-state index contributed by atoms with van der Waals surface area (Å²) in [7, 11) is 1.55. The van der Waals surface area contributed by atoms with Gasteiger partial charge < -0.3 is 24.1 Å². The Bertz CT molecular complexity index is 197. The third kappa shape index (κ3) is 1.55. The molecule has 2 aliphatic rings. The Morgan fingerprint density at radius 3 is 2.50 bits per heavy atom. The molecule has 2 heterocycles. The lowest BCUT2D eigenvalue weighted by Gasteiger charge is -2.22. The van der Waals surface area contributed by atoms with Crippen LogP contribution in [0.25, 0.3) is 0 Å². The van der Waals surface area contributed by atoms with E-state index in [4.69, 9.17) is 24.1 Å². The van der Waals surface area contributed by atoms with Gasteiger partial charge in [-0.1, -0.05) is 0 Å². The molecule has 0 aromatic carbocycles. The maximum Gasteiger partial charge on any atom is 0.186 e. The van der Waals surface area contributed by atoms with E-state index in [1.807, 2.05) is 13.8 Å². The van der Waals surface area contributed by atoms with E-state index in [1.165, 1.54) is 0 Å². The van der Waals surface area contributed by atoms with Crippen LogP contribution in [0.5, 0.6) is 0 Å². The topological polar surface area (TPSA) is 57.2 Å². The van der Waals surface area contributed by atoms with E-state index < -0.39 is 12.1 Å². The van der Waals surface area contributed by atoms with Gasteiger partial charge in [0, 0.05) is 7.11 Å². The van der Waals surface area contributed by atoms with Crippen molar-refractivity contribution in [1.29, 1.82) is 0 Å². The van der Waals surface area contributed by atoms with Crippen LogP contribution in [-0.2, 0) is 18.9 Å². The predicted octanol–water partition coefficient (Wildman–Crippen LogP) is -0.130. The van der Waals surface area contributed by atoms with Gasteiger partial charge in [-0.25, -0.2) is 0 Å². The molecule has 0 unspecified atom stereocenters. The SMILES string of the molecule is CO[C@@H]1O[C@H](CO)[C@H]2OC(C)(C)O[C@H]12. The quantitative estimate of drug-likeness (QED) is 0.679. The molecule has 0 aliphatic carbocycles. The standard InChI is InChI=1S/C9H16O5/c1-9(2)13-6-5(4-10)12-8(11-3)7(6)14-9/h5-8,10H,4H2,1-3H3/t5-,6-,7+,8-/m1/s1. The minimum atomic E-state index is -0.622. The van der Waals surface area contributed by atoms with E-state index in [0.717, 1.165) is 0 Å². The highest BCUT2D eigenvalue weighted by molar-refractivity contribution is 4.94. The molecule has 0 amide bonds. The molecule has 2 aliphatic heterocycles. The third-order valence-corrected chi connectivity index (χ3v) is 2.52. The molecule has 82 valence electrons. The minimum Gasteiger partial charge on any atom is -0.394 e. The van der Waals surface area contributed by atoms with E-state index >= 15 is 0 Å². The Kier molecular flexibility index (Phi) is 2.53. The molecular weight excluding hydrogens is 188 g/mol. The summed E-state index contributed by atoms with van der Waals surface area (Å²) in [5, 5.41) is 9.08. The second-order valence-corrected chi connectivity index (χ2v) is 4.03. The van der Waals surface area contributed by atoms with Crippen molar-refractivity contribution < 1.29 is 24.1 Å². The van der Waals surface area contributed by atoms with Gasteiger partial charge in [0.1, 0.15) is 18.3 Å². The van der Waals surface area contributed by atoms with Gasteiger partial charge in [-0.3, -0.25) is 0 Å². The molecule has 0 bridgehead atoms. The molecule has 2 saturated heterocycles. The van der Waals surface area contributed by atoms with Gasteiger partial charge in [-0.05, 0) is 13.8 Å². The summed E-state index contributed by atoms with van der Waals surface area (Å²) in [6.45, 7) is 3.60. The van der Waals surface area contributed by atoms with Crippen LogP contribution in [0.1, 0.15) is 13.8 Å². The molecule has 0 aromatic rings. The van der Waals surface area contributed by atoms with E-state index in [9.17, 15) is 0 Å². The van der Waals surface area contributed by atoms with Crippen molar-refractivity contribution in [1.82, 2.24) is 0 Å². The number of aliphatic hydroxyl groups excluding tert-OH is 1. The van der Waals surface area contributed by atoms with Crippen LogP contribution in [0.2, 0.25) is 0 Å². The molecule has 4 atom stereocenters. The van der Waals surface area contributed by atoms with Crippen LogP contribution >= 0.6 is 0 Å². The van der Waals surface area contributed by atoms with Crippen LogP contribution in [0.15, 0.2) is 0 Å². The van der Waals surface area contributed by atoms with Crippen LogP contribution in [0, 0.1) is 0 Å². The first-order valence-electron chi connectivity index (χ1n) is 4.72. The van der Waals surface area contributed by atoms with Crippen LogP contribution in [-0.4, -0.2) is 49.2 Å². The van der Waals surface area contributed by atoms with Gasteiger partial charge in [-0.15, -0.1) is 0 Å². The van der Waals surface area contributed by atoms with E-state index in [0.29, 0.717) is 0 Å². The van der Waals surface area contributed by atoms with Crippen molar-refractivity contribution in [3.63, 3.8) is 0 Å². The van der Waals surface area contributed by atoms with Gasteiger partial charge in [-0.2, -0.15) is 0 Å². The average Bonchev–Trinajstić information content (AvgIpc) is 2.57. The molecule has 1 N–H and O–H groups in total. The molecule has 0 spiro atoms. The number of methoxy groups -OCH3 is 1.